The number of carbonyl (C=O) groups is 1. The second-order valence-corrected chi connectivity index (χ2v) is 6.73. The summed E-state index contributed by atoms with van der Waals surface area (Å²) in [7, 11) is 0. The van der Waals surface area contributed by atoms with E-state index in [4.69, 9.17) is 11.6 Å². The first-order chi connectivity index (χ1) is 12.2. The maximum absolute atomic E-state index is 12.0. The summed E-state index contributed by atoms with van der Waals surface area (Å²) in [5.74, 6) is 1.11. The SMILES string of the molecule is CCNC(=NCc1ccc(Cl)cc1)NCCCN1CCCCCC1=O.I. The fourth-order valence-corrected chi connectivity index (χ4v) is 2.98. The van der Waals surface area contributed by atoms with Crippen LogP contribution in [0.1, 0.15) is 44.6 Å². The molecule has 1 aromatic rings. The Morgan fingerprint density at radius 1 is 1.19 bits per heavy atom. The minimum atomic E-state index is 0. The smallest absolute Gasteiger partial charge is 0.222 e. The molecule has 1 amide bonds. The van der Waals surface area contributed by atoms with E-state index in [0.717, 1.165) is 62.0 Å². The molecule has 0 bridgehead atoms. The van der Waals surface area contributed by atoms with Crippen molar-refractivity contribution in [2.75, 3.05) is 26.2 Å². The zero-order chi connectivity index (χ0) is 17.9. The van der Waals surface area contributed by atoms with Crippen LogP contribution in [-0.4, -0.2) is 42.9 Å². The van der Waals surface area contributed by atoms with Crippen LogP contribution in [0.3, 0.4) is 0 Å². The zero-order valence-corrected chi connectivity index (χ0v) is 18.6. The first-order valence-corrected chi connectivity index (χ1v) is 9.61. The highest BCUT2D eigenvalue weighted by Gasteiger charge is 2.15. The van der Waals surface area contributed by atoms with Gasteiger partial charge in [-0.25, -0.2) is 4.99 Å². The molecule has 1 aromatic carbocycles. The van der Waals surface area contributed by atoms with Crippen LogP contribution in [0, 0.1) is 0 Å². The standard InChI is InChI=1S/C19H29ClN4O.HI/c1-2-21-19(23-15-16-8-10-17(20)11-9-16)22-12-6-14-24-13-5-3-4-7-18(24)25;/h8-11H,2-7,12-15H2,1H3,(H2,21,22,23);1H. The summed E-state index contributed by atoms with van der Waals surface area (Å²) >= 11 is 5.90. The van der Waals surface area contributed by atoms with Gasteiger partial charge in [-0.3, -0.25) is 4.79 Å². The number of likely N-dealkylation sites (tertiary alicyclic amines) is 1. The molecule has 0 spiro atoms. The molecule has 0 unspecified atom stereocenters. The normalized spacial score (nSPS) is 15.2. The average molecular weight is 493 g/mol. The number of carbonyl (C=O) groups excluding carboxylic acids is 1. The van der Waals surface area contributed by atoms with Gasteiger partial charge in [0.25, 0.3) is 0 Å². The maximum atomic E-state index is 12.0. The van der Waals surface area contributed by atoms with E-state index in [-0.39, 0.29) is 24.0 Å². The molecule has 1 heterocycles. The summed E-state index contributed by atoms with van der Waals surface area (Å²) in [4.78, 5) is 18.6. The van der Waals surface area contributed by atoms with Crippen molar-refractivity contribution >= 4 is 47.4 Å². The minimum absolute atomic E-state index is 0. The predicted molar refractivity (Wildman–Crippen MR) is 119 cm³/mol. The van der Waals surface area contributed by atoms with E-state index >= 15 is 0 Å². The average Bonchev–Trinajstić information content (AvgIpc) is 2.82. The first kappa shape index (κ1) is 23.0. The molecule has 1 aliphatic heterocycles. The van der Waals surface area contributed by atoms with Gasteiger partial charge in [0.15, 0.2) is 5.96 Å². The van der Waals surface area contributed by atoms with Gasteiger partial charge in [0, 0.05) is 37.6 Å². The molecular weight excluding hydrogens is 463 g/mol. The molecule has 26 heavy (non-hydrogen) atoms. The Morgan fingerprint density at radius 3 is 2.69 bits per heavy atom. The van der Waals surface area contributed by atoms with Crippen LogP contribution in [0.5, 0.6) is 0 Å². The zero-order valence-electron chi connectivity index (χ0n) is 15.5. The van der Waals surface area contributed by atoms with Crippen LogP contribution >= 0.6 is 35.6 Å². The topological polar surface area (TPSA) is 56.7 Å². The highest BCUT2D eigenvalue weighted by Crippen LogP contribution is 2.11. The minimum Gasteiger partial charge on any atom is -0.357 e. The lowest BCUT2D eigenvalue weighted by Crippen LogP contribution is -2.39. The van der Waals surface area contributed by atoms with E-state index in [0.29, 0.717) is 18.9 Å². The number of nitrogens with zero attached hydrogens (tertiary/aromatic N) is 2. The molecule has 0 aromatic heterocycles. The van der Waals surface area contributed by atoms with Gasteiger partial charge in [-0.2, -0.15) is 0 Å². The molecule has 2 N–H and O–H groups in total. The molecule has 1 aliphatic rings. The molecule has 5 nitrogen and oxygen atoms in total. The van der Waals surface area contributed by atoms with Gasteiger partial charge in [-0.1, -0.05) is 30.2 Å². The molecule has 0 aliphatic carbocycles. The van der Waals surface area contributed by atoms with Crippen molar-refractivity contribution in [1.82, 2.24) is 15.5 Å². The third-order valence-electron chi connectivity index (χ3n) is 4.25. The summed E-state index contributed by atoms with van der Waals surface area (Å²) in [6.45, 7) is 6.01. The van der Waals surface area contributed by atoms with E-state index in [2.05, 4.69) is 22.5 Å². The van der Waals surface area contributed by atoms with Gasteiger partial charge in [0.1, 0.15) is 0 Å². The highest BCUT2D eigenvalue weighted by atomic mass is 127. The van der Waals surface area contributed by atoms with Gasteiger partial charge < -0.3 is 15.5 Å². The van der Waals surface area contributed by atoms with E-state index < -0.39 is 0 Å². The van der Waals surface area contributed by atoms with Crippen molar-refractivity contribution in [2.45, 2.75) is 45.6 Å². The van der Waals surface area contributed by atoms with Gasteiger partial charge in [0.05, 0.1) is 6.54 Å². The number of halogens is 2. The van der Waals surface area contributed by atoms with Crippen molar-refractivity contribution in [1.29, 1.82) is 0 Å². The van der Waals surface area contributed by atoms with Crippen LogP contribution < -0.4 is 10.6 Å². The molecule has 0 radical (unpaired) electrons. The monoisotopic (exact) mass is 492 g/mol. The van der Waals surface area contributed by atoms with Crippen LogP contribution in [0.2, 0.25) is 5.02 Å². The Labute approximate surface area is 179 Å². The van der Waals surface area contributed by atoms with E-state index in [9.17, 15) is 4.79 Å². The summed E-state index contributed by atoms with van der Waals surface area (Å²) in [6, 6.07) is 7.73. The van der Waals surface area contributed by atoms with E-state index in [1.165, 1.54) is 6.42 Å². The number of hydrogen-bond donors (Lipinski definition) is 2. The Hall–Kier alpha value is -1.02. The Balaban J connectivity index is 0.00000338. The first-order valence-electron chi connectivity index (χ1n) is 9.23. The van der Waals surface area contributed by atoms with Crippen molar-refractivity contribution in [3.8, 4) is 0 Å². The third kappa shape index (κ3) is 8.58. The number of hydrogen-bond acceptors (Lipinski definition) is 2. The number of rotatable bonds is 7. The summed E-state index contributed by atoms with van der Waals surface area (Å²) in [5, 5.41) is 7.34. The number of aliphatic imine (C=N–C) groups is 1. The fourth-order valence-electron chi connectivity index (χ4n) is 2.85. The van der Waals surface area contributed by atoms with Crippen LogP contribution in [0.4, 0.5) is 0 Å². The molecule has 0 saturated carbocycles. The Bertz CT molecular complexity index is 565. The van der Waals surface area contributed by atoms with Crippen molar-refractivity contribution < 1.29 is 4.79 Å². The number of guanidine groups is 1. The van der Waals surface area contributed by atoms with Crippen molar-refractivity contribution in [3.63, 3.8) is 0 Å². The largest absolute Gasteiger partial charge is 0.357 e. The molecular formula is C19H30ClIN4O. The Morgan fingerprint density at radius 2 is 1.96 bits per heavy atom. The van der Waals surface area contributed by atoms with Crippen LogP contribution in [0.25, 0.3) is 0 Å². The van der Waals surface area contributed by atoms with Gasteiger partial charge in [0.2, 0.25) is 5.91 Å². The highest BCUT2D eigenvalue weighted by molar-refractivity contribution is 14.0. The van der Waals surface area contributed by atoms with Crippen LogP contribution in [0.15, 0.2) is 29.3 Å². The molecule has 0 atom stereocenters. The van der Waals surface area contributed by atoms with Crippen LogP contribution in [-0.2, 0) is 11.3 Å². The second-order valence-electron chi connectivity index (χ2n) is 6.29. The van der Waals surface area contributed by atoms with E-state index in [1.807, 2.05) is 29.2 Å². The lowest BCUT2D eigenvalue weighted by Gasteiger charge is -2.20. The van der Waals surface area contributed by atoms with Gasteiger partial charge in [-0.05, 0) is 43.9 Å². The number of nitrogens with one attached hydrogen (secondary N) is 2. The summed E-state index contributed by atoms with van der Waals surface area (Å²) in [6.07, 6.45) is 4.97. The van der Waals surface area contributed by atoms with Crippen molar-refractivity contribution in [3.05, 3.63) is 34.9 Å². The lowest BCUT2D eigenvalue weighted by atomic mass is 10.2. The van der Waals surface area contributed by atoms with Crippen molar-refractivity contribution in [2.24, 2.45) is 4.99 Å². The number of amides is 1. The molecule has 1 fully saturated rings. The predicted octanol–water partition coefficient (Wildman–Crippen LogP) is 3.81. The van der Waals surface area contributed by atoms with Gasteiger partial charge >= 0.3 is 0 Å². The molecule has 146 valence electrons. The van der Waals surface area contributed by atoms with E-state index in [1.54, 1.807) is 0 Å². The summed E-state index contributed by atoms with van der Waals surface area (Å²) in [5.41, 5.74) is 1.12. The fraction of sp³-hybridized carbons (Fsp3) is 0.579. The molecule has 7 heteroatoms. The molecule has 1 saturated heterocycles. The Kier molecular flexibility index (Phi) is 11.7. The second kappa shape index (κ2) is 13.2. The lowest BCUT2D eigenvalue weighted by molar-refractivity contribution is -0.130. The van der Waals surface area contributed by atoms with Gasteiger partial charge in [-0.15, -0.1) is 24.0 Å². The molecule has 2 rings (SSSR count). The third-order valence-corrected chi connectivity index (χ3v) is 4.50. The quantitative estimate of drug-likeness (QED) is 0.263. The number of benzene rings is 1. The maximum Gasteiger partial charge on any atom is 0.222 e. The summed E-state index contributed by atoms with van der Waals surface area (Å²) < 4.78 is 0.